The number of rotatable bonds is 6. The largest absolute Gasteiger partial charge is 0.355 e. The lowest BCUT2D eigenvalue weighted by molar-refractivity contribution is 0.526. The molecule has 98 valence electrons. The van der Waals surface area contributed by atoms with Crippen LogP contribution in [0.1, 0.15) is 19.5 Å². The fraction of sp³-hybridized carbons (Fsp3) is 0.727. The molecule has 6 heteroatoms. The lowest BCUT2D eigenvalue weighted by Crippen LogP contribution is -2.17. The molecule has 0 saturated carbocycles. The molecule has 1 aromatic rings. The Bertz CT molecular complexity index is 463. The molecule has 0 bridgehead atoms. The Morgan fingerprint density at radius 1 is 1.47 bits per heavy atom. The molecule has 0 aliphatic rings. The van der Waals surface area contributed by atoms with Crippen molar-refractivity contribution in [1.82, 2.24) is 9.55 Å². The van der Waals surface area contributed by atoms with Gasteiger partial charge in [0.1, 0.15) is 9.84 Å². The number of hydrogen-bond donors (Lipinski definition) is 1. The minimum absolute atomic E-state index is 0.126. The zero-order chi connectivity index (χ0) is 13.1. The third kappa shape index (κ3) is 5.21. The molecule has 0 atom stereocenters. The molecule has 0 saturated heterocycles. The third-order valence-corrected chi connectivity index (χ3v) is 3.16. The number of anilines is 1. The molecule has 0 amide bonds. The van der Waals surface area contributed by atoms with Crippen LogP contribution in [0.5, 0.6) is 0 Å². The van der Waals surface area contributed by atoms with Crippen molar-refractivity contribution in [3.8, 4) is 0 Å². The quantitative estimate of drug-likeness (QED) is 0.836. The van der Waals surface area contributed by atoms with E-state index in [9.17, 15) is 8.42 Å². The average Bonchev–Trinajstić information content (AvgIpc) is 2.43. The molecule has 17 heavy (non-hydrogen) atoms. The molecule has 0 spiro atoms. The second-order valence-corrected chi connectivity index (χ2v) is 7.07. The van der Waals surface area contributed by atoms with Gasteiger partial charge >= 0.3 is 0 Å². The van der Waals surface area contributed by atoms with E-state index in [1.165, 1.54) is 6.26 Å². The maximum absolute atomic E-state index is 11.0. The van der Waals surface area contributed by atoms with Gasteiger partial charge in [-0.2, -0.15) is 0 Å². The van der Waals surface area contributed by atoms with Gasteiger partial charge in [-0.15, -0.1) is 0 Å². The molecule has 0 aromatic carbocycles. The average molecular weight is 259 g/mol. The Morgan fingerprint density at radius 2 is 2.12 bits per heavy atom. The van der Waals surface area contributed by atoms with Crippen molar-refractivity contribution in [2.24, 2.45) is 5.92 Å². The molecular formula is C11H21N3O2S. The molecular weight excluding hydrogens is 238 g/mol. The summed E-state index contributed by atoms with van der Waals surface area (Å²) in [5, 5.41) is 3.07. The maximum Gasteiger partial charge on any atom is 0.203 e. The van der Waals surface area contributed by atoms with E-state index in [0.717, 1.165) is 18.2 Å². The van der Waals surface area contributed by atoms with Crippen molar-refractivity contribution >= 4 is 15.8 Å². The second kappa shape index (κ2) is 5.53. The predicted octanol–water partition coefficient (Wildman–Crippen LogP) is 1.30. The summed E-state index contributed by atoms with van der Waals surface area (Å²) >= 11 is 0. The first-order chi connectivity index (χ1) is 7.78. The van der Waals surface area contributed by atoms with Crippen LogP contribution in [0.4, 0.5) is 5.95 Å². The molecule has 1 N–H and O–H groups in total. The lowest BCUT2D eigenvalue weighted by atomic mass is 10.2. The van der Waals surface area contributed by atoms with Crippen LogP contribution in [0.15, 0.2) is 6.20 Å². The van der Waals surface area contributed by atoms with Crippen LogP contribution >= 0.6 is 0 Å². The molecule has 5 nitrogen and oxygen atoms in total. The number of sulfone groups is 1. The Morgan fingerprint density at radius 3 is 2.65 bits per heavy atom. The minimum Gasteiger partial charge on any atom is -0.355 e. The van der Waals surface area contributed by atoms with Gasteiger partial charge in [-0.1, -0.05) is 13.8 Å². The molecule has 0 aliphatic carbocycles. The van der Waals surface area contributed by atoms with Gasteiger partial charge < -0.3 is 9.88 Å². The number of aryl methyl sites for hydroxylation is 1. The zero-order valence-electron chi connectivity index (χ0n) is 10.9. The Labute approximate surface area is 103 Å². The van der Waals surface area contributed by atoms with Crippen molar-refractivity contribution < 1.29 is 8.42 Å². The maximum atomic E-state index is 11.0. The number of aromatic nitrogens is 2. The van der Waals surface area contributed by atoms with E-state index in [0.29, 0.717) is 12.5 Å². The summed E-state index contributed by atoms with van der Waals surface area (Å²) in [7, 11) is -2.92. The Balaban J connectivity index is 2.63. The number of hydrogen-bond acceptors (Lipinski definition) is 4. The summed E-state index contributed by atoms with van der Waals surface area (Å²) in [6.45, 7) is 7.47. The van der Waals surface area contributed by atoms with Gasteiger partial charge in [0.25, 0.3) is 0 Å². The summed E-state index contributed by atoms with van der Waals surface area (Å²) in [5.41, 5.74) is 0.938. The predicted molar refractivity (Wildman–Crippen MR) is 70.0 cm³/mol. The van der Waals surface area contributed by atoms with Crippen molar-refractivity contribution in [3.05, 3.63) is 11.9 Å². The van der Waals surface area contributed by atoms with E-state index in [2.05, 4.69) is 24.1 Å². The van der Waals surface area contributed by atoms with E-state index in [1.54, 1.807) is 0 Å². The van der Waals surface area contributed by atoms with E-state index in [1.807, 2.05) is 17.7 Å². The van der Waals surface area contributed by atoms with Gasteiger partial charge in [0, 0.05) is 25.5 Å². The highest BCUT2D eigenvalue weighted by atomic mass is 32.2. The highest BCUT2D eigenvalue weighted by Crippen LogP contribution is 2.11. The molecule has 0 radical (unpaired) electrons. The summed E-state index contributed by atoms with van der Waals surface area (Å²) in [4.78, 5) is 4.34. The number of nitrogens with one attached hydrogen (secondary N) is 1. The van der Waals surface area contributed by atoms with E-state index in [4.69, 9.17) is 0 Å². The minimum atomic E-state index is -2.92. The third-order valence-electron chi connectivity index (χ3n) is 2.21. The van der Waals surface area contributed by atoms with E-state index >= 15 is 0 Å². The lowest BCUT2D eigenvalue weighted by Gasteiger charge is -2.11. The van der Waals surface area contributed by atoms with Crippen LogP contribution in [0.3, 0.4) is 0 Å². The smallest absolute Gasteiger partial charge is 0.203 e. The van der Waals surface area contributed by atoms with Crippen molar-refractivity contribution in [3.63, 3.8) is 0 Å². The zero-order valence-corrected chi connectivity index (χ0v) is 11.7. The molecule has 0 unspecified atom stereocenters. The normalized spacial score (nSPS) is 12.1. The summed E-state index contributed by atoms with van der Waals surface area (Å²) < 4.78 is 24.1. The number of nitrogens with zero attached hydrogens (tertiary/aromatic N) is 2. The Kier molecular flexibility index (Phi) is 4.56. The van der Waals surface area contributed by atoms with Gasteiger partial charge in [-0.05, 0) is 12.8 Å². The first kappa shape index (κ1) is 14.0. The van der Waals surface area contributed by atoms with Crippen LogP contribution in [-0.2, 0) is 16.4 Å². The molecule has 1 rings (SSSR count). The first-order valence-corrected chi connectivity index (χ1v) is 7.79. The van der Waals surface area contributed by atoms with Crippen LogP contribution in [-0.4, -0.2) is 36.5 Å². The molecule has 0 fully saturated rings. The topological polar surface area (TPSA) is 64.0 Å². The number of imidazole rings is 1. The second-order valence-electron chi connectivity index (χ2n) is 4.81. The monoisotopic (exact) mass is 259 g/mol. The van der Waals surface area contributed by atoms with Gasteiger partial charge in [-0.3, -0.25) is 0 Å². The Hall–Kier alpha value is -1.04. The van der Waals surface area contributed by atoms with E-state index in [-0.39, 0.29) is 5.75 Å². The van der Waals surface area contributed by atoms with Gasteiger partial charge in [-0.25, -0.2) is 13.4 Å². The summed E-state index contributed by atoms with van der Waals surface area (Å²) in [5.74, 6) is 1.40. The van der Waals surface area contributed by atoms with Crippen LogP contribution in [0.25, 0.3) is 0 Å². The van der Waals surface area contributed by atoms with Gasteiger partial charge in [0.2, 0.25) is 5.95 Å². The van der Waals surface area contributed by atoms with Crippen molar-refractivity contribution in [1.29, 1.82) is 0 Å². The highest BCUT2D eigenvalue weighted by molar-refractivity contribution is 7.90. The fourth-order valence-corrected chi connectivity index (χ4v) is 2.04. The molecule has 1 heterocycles. The van der Waals surface area contributed by atoms with Crippen LogP contribution in [0, 0.1) is 12.8 Å². The van der Waals surface area contributed by atoms with Gasteiger partial charge in [0.05, 0.1) is 11.4 Å². The van der Waals surface area contributed by atoms with Gasteiger partial charge in [0.15, 0.2) is 0 Å². The highest BCUT2D eigenvalue weighted by Gasteiger charge is 2.08. The SMILES string of the molecule is Cc1cn(CC(C)C)c(NCCS(C)(=O)=O)n1. The van der Waals surface area contributed by atoms with Crippen molar-refractivity contribution in [2.75, 3.05) is 23.9 Å². The van der Waals surface area contributed by atoms with Crippen LogP contribution < -0.4 is 5.32 Å². The molecule has 0 aliphatic heterocycles. The fourth-order valence-electron chi connectivity index (χ4n) is 1.57. The first-order valence-electron chi connectivity index (χ1n) is 5.73. The van der Waals surface area contributed by atoms with E-state index < -0.39 is 9.84 Å². The summed E-state index contributed by atoms with van der Waals surface area (Å²) in [6.07, 6.45) is 3.21. The standard InChI is InChI=1S/C11H21N3O2S/c1-9(2)7-14-8-10(3)13-11(14)12-5-6-17(4,15)16/h8-9H,5-7H2,1-4H3,(H,12,13). The summed E-state index contributed by atoms with van der Waals surface area (Å²) in [6, 6.07) is 0. The van der Waals surface area contributed by atoms with Crippen LogP contribution in [0.2, 0.25) is 0 Å². The van der Waals surface area contributed by atoms with Crippen molar-refractivity contribution in [2.45, 2.75) is 27.3 Å². The molecule has 1 aromatic heterocycles.